The SMILES string of the molecule is Cc1cc(Nc2nc(Nc3cc(C)c([C@@H]4COC(=O)N4)cc3C)ncc2Cl)n[nH]1. The summed E-state index contributed by atoms with van der Waals surface area (Å²) in [5.41, 5.74) is 4.81. The van der Waals surface area contributed by atoms with Crippen LogP contribution in [0, 0.1) is 20.8 Å². The molecule has 0 unspecified atom stereocenters. The van der Waals surface area contributed by atoms with Gasteiger partial charge in [-0.25, -0.2) is 9.78 Å². The van der Waals surface area contributed by atoms with Gasteiger partial charge in [-0.05, 0) is 43.5 Å². The van der Waals surface area contributed by atoms with E-state index in [2.05, 4.69) is 36.1 Å². The Labute approximate surface area is 172 Å². The van der Waals surface area contributed by atoms with Crippen molar-refractivity contribution >= 4 is 41.0 Å². The molecule has 4 N–H and O–H groups in total. The monoisotopic (exact) mass is 413 g/mol. The van der Waals surface area contributed by atoms with Crippen molar-refractivity contribution in [1.82, 2.24) is 25.5 Å². The molecule has 0 saturated carbocycles. The van der Waals surface area contributed by atoms with Gasteiger partial charge in [-0.3, -0.25) is 5.10 Å². The lowest BCUT2D eigenvalue weighted by Crippen LogP contribution is -2.19. The van der Waals surface area contributed by atoms with Crippen molar-refractivity contribution in [2.45, 2.75) is 26.8 Å². The molecule has 29 heavy (non-hydrogen) atoms. The average Bonchev–Trinajstić information content (AvgIpc) is 3.29. The number of benzene rings is 1. The van der Waals surface area contributed by atoms with E-state index in [1.807, 2.05) is 39.0 Å². The molecule has 1 saturated heterocycles. The lowest BCUT2D eigenvalue weighted by Gasteiger charge is -2.16. The minimum Gasteiger partial charge on any atom is -0.447 e. The molecule has 2 aromatic heterocycles. The van der Waals surface area contributed by atoms with E-state index in [-0.39, 0.29) is 6.04 Å². The maximum absolute atomic E-state index is 11.3. The average molecular weight is 414 g/mol. The first-order valence-electron chi connectivity index (χ1n) is 9.02. The fourth-order valence-corrected chi connectivity index (χ4v) is 3.28. The van der Waals surface area contributed by atoms with Gasteiger partial charge in [0, 0.05) is 17.4 Å². The molecular weight excluding hydrogens is 394 g/mol. The number of aromatic amines is 1. The minimum absolute atomic E-state index is 0.143. The highest BCUT2D eigenvalue weighted by Gasteiger charge is 2.25. The Morgan fingerprint density at radius 2 is 2.00 bits per heavy atom. The summed E-state index contributed by atoms with van der Waals surface area (Å²) in [6.45, 7) is 6.20. The summed E-state index contributed by atoms with van der Waals surface area (Å²) in [6, 6.07) is 5.73. The van der Waals surface area contributed by atoms with Gasteiger partial charge in [-0.15, -0.1) is 0 Å². The van der Waals surface area contributed by atoms with E-state index in [0.717, 1.165) is 28.1 Å². The first-order chi connectivity index (χ1) is 13.9. The summed E-state index contributed by atoms with van der Waals surface area (Å²) < 4.78 is 5.00. The number of carbonyl (C=O) groups excluding carboxylic acids is 1. The van der Waals surface area contributed by atoms with Gasteiger partial charge < -0.3 is 20.7 Å². The molecule has 1 fully saturated rings. The second kappa shape index (κ2) is 7.59. The van der Waals surface area contributed by atoms with Gasteiger partial charge in [-0.2, -0.15) is 10.1 Å². The molecule has 3 heterocycles. The lowest BCUT2D eigenvalue weighted by molar-refractivity contribution is 0.177. The van der Waals surface area contributed by atoms with Crippen LogP contribution in [0.2, 0.25) is 5.02 Å². The molecule has 0 aliphatic carbocycles. The fraction of sp³-hybridized carbons (Fsp3) is 0.263. The number of aromatic nitrogens is 4. The number of hydrogen-bond acceptors (Lipinski definition) is 7. The number of ether oxygens (including phenoxy) is 1. The summed E-state index contributed by atoms with van der Waals surface area (Å²) in [5.74, 6) is 1.47. The van der Waals surface area contributed by atoms with Crippen LogP contribution in [0.4, 0.5) is 28.1 Å². The van der Waals surface area contributed by atoms with Crippen molar-refractivity contribution in [2.24, 2.45) is 0 Å². The highest BCUT2D eigenvalue weighted by Crippen LogP contribution is 2.30. The Kier molecular flexibility index (Phi) is 4.98. The Bertz CT molecular complexity index is 1080. The molecule has 1 aliphatic heterocycles. The first kappa shape index (κ1) is 19.0. The third kappa shape index (κ3) is 4.09. The zero-order chi connectivity index (χ0) is 20.5. The maximum atomic E-state index is 11.3. The van der Waals surface area contributed by atoms with Gasteiger partial charge in [0.2, 0.25) is 5.95 Å². The molecule has 1 amide bonds. The molecule has 1 atom stereocenters. The number of cyclic esters (lactones) is 1. The summed E-state index contributed by atoms with van der Waals surface area (Å²) in [5, 5.41) is 16.5. The zero-order valence-corrected chi connectivity index (χ0v) is 16.9. The first-order valence-corrected chi connectivity index (χ1v) is 9.40. The van der Waals surface area contributed by atoms with E-state index in [0.29, 0.717) is 29.2 Å². The largest absolute Gasteiger partial charge is 0.447 e. The molecular formula is C19H20ClN7O2. The van der Waals surface area contributed by atoms with Crippen molar-refractivity contribution in [3.63, 3.8) is 0 Å². The van der Waals surface area contributed by atoms with E-state index in [1.165, 1.54) is 6.20 Å². The van der Waals surface area contributed by atoms with Gasteiger partial charge in [0.05, 0.1) is 12.2 Å². The fourth-order valence-electron chi connectivity index (χ4n) is 3.14. The van der Waals surface area contributed by atoms with Gasteiger partial charge in [-0.1, -0.05) is 17.7 Å². The number of halogens is 1. The molecule has 3 aromatic rings. The van der Waals surface area contributed by atoms with Crippen LogP contribution in [0.5, 0.6) is 0 Å². The highest BCUT2D eigenvalue weighted by molar-refractivity contribution is 6.32. The number of hydrogen-bond donors (Lipinski definition) is 4. The highest BCUT2D eigenvalue weighted by atomic mass is 35.5. The minimum atomic E-state index is -0.393. The predicted molar refractivity (Wildman–Crippen MR) is 110 cm³/mol. The van der Waals surface area contributed by atoms with Crippen LogP contribution in [0.3, 0.4) is 0 Å². The second-order valence-corrected chi connectivity index (χ2v) is 7.30. The molecule has 4 rings (SSSR count). The molecule has 150 valence electrons. The molecule has 0 radical (unpaired) electrons. The molecule has 0 bridgehead atoms. The van der Waals surface area contributed by atoms with Gasteiger partial charge in [0.25, 0.3) is 0 Å². The standard InChI is InChI=1S/C19H20ClN7O2/c1-9-5-14(10(2)4-12(9)15-8-29-19(28)23-15)22-18-21-7-13(20)17(25-18)24-16-6-11(3)26-27-16/h4-7,15H,8H2,1-3H3,(H,23,28)(H3,21,22,24,25,26,27)/t15-/m0/s1. The number of alkyl carbamates (subject to hydrolysis) is 1. The lowest BCUT2D eigenvalue weighted by atomic mass is 9.98. The van der Waals surface area contributed by atoms with E-state index >= 15 is 0 Å². The number of rotatable bonds is 5. The van der Waals surface area contributed by atoms with Crippen LogP contribution in [-0.4, -0.2) is 32.9 Å². The normalized spacial score (nSPS) is 15.7. The molecule has 9 nitrogen and oxygen atoms in total. The maximum Gasteiger partial charge on any atom is 0.407 e. The van der Waals surface area contributed by atoms with Crippen molar-refractivity contribution < 1.29 is 9.53 Å². The van der Waals surface area contributed by atoms with Gasteiger partial charge >= 0.3 is 6.09 Å². The zero-order valence-electron chi connectivity index (χ0n) is 16.1. The van der Waals surface area contributed by atoms with Gasteiger partial charge in [0.1, 0.15) is 11.6 Å². The van der Waals surface area contributed by atoms with E-state index < -0.39 is 6.09 Å². The van der Waals surface area contributed by atoms with E-state index in [1.54, 1.807) is 0 Å². The Balaban J connectivity index is 1.56. The van der Waals surface area contributed by atoms with E-state index in [9.17, 15) is 4.79 Å². The topological polar surface area (TPSA) is 117 Å². The Morgan fingerprint density at radius 3 is 2.69 bits per heavy atom. The Morgan fingerprint density at radius 1 is 1.17 bits per heavy atom. The van der Waals surface area contributed by atoms with Crippen LogP contribution in [0.15, 0.2) is 24.4 Å². The summed E-state index contributed by atoms with van der Waals surface area (Å²) in [4.78, 5) is 20.1. The van der Waals surface area contributed by atoms with Crippen LogP contribution < -0.4 is 16.0 Å². The van der Waals surface area contributed by atoms with Crippen molar-refractivity contribution in [3.8, 4) is 0 Å². The number of nitrogens with zero attached hydrogens (tertiary/aromatic N) is 3. The summed E-state index contributed by atoms with van der Waals surface area (Å²) >= 11 is 6.22. The number of carbonyl (C=O) groups is 1. The number of anilines is 4. The third-order valence-corrected chi connectivity index (χ3v) is 4.88. The van der Waals surface area contributed by atoms with Crippen LogP contribution in [0.1, 0.15) is 28.4 Å². The predicted octanol–water partition coefficient (Wildman–Crippen LogP) is 4.05. The number of aryl methyl sites for hydroxylation is 3. The van der Waals surface area contributed by atoms with E-state index in [4.69, 9.17) is 16.3 Å². The molecule has 10 heteroatoms. The number of amides is 1. The van der Waals surface area contributed by atoms with Crippen molar-refractivity contribution in [2.75, 3.05) is 17.2 Å². The van der Waals surface area contributed by atoms with Crippen molar-refractivity contribution in [1.29, 1.82) is 0 Å². The molecule has 0 spiro atoms. The number of nitrogens with one attached hydrogen (secondary N) is 4. The molecule has 1 aliphatic rings. The molecule has 1 aromatic carbocycles. The quantitative estimate of drug-likeness (QED) is 0.498. The third-order valence-electron chi connectivity index (χ3n) is 4.60. The van der Waals surface area contributed by atoms with Crippen LogP contribution in [0.25, 0.3) is 0 Å². The summed E-state index contributed by atoms with van der Waals surface area (Å²) in [7, 11) is 0. The van der Waals surface area contributed by atoms with Gasteiger partial charge in [0.15, 0.2) is 11.6 Å². The van der Waals surface area contributed by atoms with Crippen molar-refractivity contribution in [3.05, 3.63) is 51.8 Å². The number of H-pyrrole nitrogens is 1. The smallest absolute Gasteiger partial charge is 0.407 e. The van der Waals surface area contributed by atoms with Crippen LogP contribution in [-0.2, 0) is 4.74 Å². The Hall–Kier alpha value is -3.33. The van der Waals surface area contributed by atoms with Crippen LogP contribution >= 0.6 is 11.6 Å². The summed E-state index contributed by atoms with van der Waals surface area (Å²) in [6.07, 6.45) is 1.14. The second-order valence-electron chi connectivity index (χ2n) is 6.90.